The van der Waals surface area contributed by atoms with Gasteiger partial charge in [-0.3, -0.25) is 14.4 Å². The van der Waals surface area contributed by atoms with E-state index in [1.807, 2.05) is 12.1 Å². The summed E-state index contributed by atoms with van der Waals surface area (Å²) in [7, 11) is -3.84. The number of sulfonamides is 1. The molecule has 2 heterocycles. The van der Waals surface area contributed by atoms with Crippen LogP contribution in [-0.2, 0) is 23.1 Å². The minimum Gasteiger partial charge on any atom is -0.321 e. The first-order valence-electron chi connectivity index (χ1n) is 10.6. The lowest BCUT2D eigenvalue weighted by Gasteiger charge is -2.16. The van der Waals surface area contributed by atoms with Crippen molar-refractivity contribution in [1.82, 2.24) is 4.90 Å². The minimum atomic E-state index is -3.84. The summed E-state index contributed by atoms with van der Waals surface area (Å²) in [5.74, 6) is 0.428. The maximum Gasteiger partial charge on any atom is 0.262 e. The van der Waals surface area contributed by atoms with Crippen molar-refractivity contribution < 1.29 is 13.2 Å². The highest BCUT2D eigenvalue weighted by molar-refractivity contribution is 7.93. The zero-order valence-electron chi connectivity index (χ0n) is 17.6. The second-order valence-electron chi connectivity index (χ2n) is 8.74. The number of hydrogen-bond donors (Lipinski definition) is 2. The number of amides is 1. The van der Waals surface area contributed by atoms with E-state index in [4.69, 9.17) is 0 Å². The van der Waals surface area contributed by atoms with Crippen LogP contribution >= 0.6 is 0 Å². The standard InChI is InChI=1S/C24H25N3O3S/c1-15(2)11-12-27-13-16-5-3-8-20(19(16)14-27)26-31(29,30)22-10-9-21-23-17(22)6-4-7-18(23)24(28)25-21/h3-10,15,26H,11-14H2,1-2H3,(H,25,28). The fourth-order valence-corrected chi connectivity index (χ4v) is 5.78. The smallest absolute Gasteiger partial charge is 0.262 e. The number of carbonyl (C=O) groups excluding carboxylic acids is 1. The van der Waals surface area contributed by atoms with Gasteiger partial charge in [0, 0.05) is 35.1 Å². The molecule has 0 fully saturated rings. The maximum atomic E-state index is 13.4. The normalized spacial score (nSPS) is 15.5. The van der Waals surface area contributed by atoms with Crippen LogP contribution in [0.15, 0.2) is 53.4 Å². The molecule has 0 aromatic heterocycles. The Morgan fingerprint density at radius 3 is 2.68 bits per heavy atom. The Hall–Kier alpha value is -2.90. The van der Waals surface area contributed by atoms with E-state index < -0.39 is 10.0 Å². The molecule has 0 saturated heterocycles. The van der Waals surface area contributed by atoms with Gasteiger partial charge >= 0.3 is 0 Å². The van der Waals surface area contributed by atoms with E-state index in [2.05, 4.69) is 34.9 Å². The molecule has 0 unspecified atom stereocenters. The average molecular weight is 436 g/mol. The first kappa shape index (κ1) is 20.0. The zero-order valence-corrected chi connectivity index (χ0v) is 18.4. The molecule has 0 radical (unpaired) electrons. The predicted molar refractivity (Wildman–Crippen MR) is 123 cm³/mol. The van der Waals surface area contributed by atoms with E-state index in [-0.39, 0.29) is 10.8 Å². The summed E-state index contributed by atoms with van der Waals surface area (Å²) in [5, 5.41) is 4.01. The van der Waals surface area contributed by atoms with Crippen LogP contribution in [0, 0.1) is 5.92 Å². The van der Waals surface area contributed by atoms with Gasteiger partial charge in [0.15, 0.2) is 0 Å². The highest BCUT2D eigenvalue weighted by Crippen LogP contribution is 2.38. The maximum absolute atomic E-state index is 13.4. The minimum absolute atomic E-state index is 0.178. The molecule has 3 aromatic carbocycles. The van der Waals surface area contributed by atoms with Crippen molar-refractivity contribution in [2.45, 2.75) is 38.3 Å². The van der Waals surface area contributed by atoms with Gasteiger partial charge in [-0.1, -0.05) is 38.1 Å². The topological polar surface area (TPSA) is 78.5 Å². The summed E-state index contributed by atoms with van der Waals surface area (Å²) in [4.78, 5) is 14.7. The van der Waals surface area contributed by atoms with Gasteiger partial charge in [-0.05, 0) is 54.3 Å². The SMILES string of the molecule is CC(C)CCN1Cc2cccc(NS(=O)(=O)c3ccc4c5c(cccc35)C(=O)N4)c2C1. The summed E-state index contributed by atoms with van der Waals surface area (Å²) in [6.45, 7) is 7.00. The number of benzene rings is 3. The Bertz CT molecular complexity index is 1320. The van der Waals surface area contributed by atoms with Gasteiger partial charge in [-0.25, -0.2) is 8.42 Å². The van der Waals surface area contributed by atoms with Gasteiger partial charge in [0.2, 0.25) is 0 Å². The number of nitrogens with one attached hydrogen (secondary N) is 2. The second kappa shape index (κ2) is 7.35. The van der Waals surface area contributed by atoms with Gasteiger partial charge in [0.25, 0.3) is 15.9 Å². The van der Waals surface area contributed by atoms with Crippen LogP contribution in [0.4, 0.5) is 11.4 Å². The Morgan fingerprint density at radius 2 is 1.87 bits per heavy atom. The molecular weight excluding hydrogens is 410 g/mol. The Kier molecular flexibility index (Phi) is 4.75. The summed E-state index contributed by atoms with van der Waals surface area (Å²) < 4.78 is 29.6. The van der Waals surface area contributed by atoms with E-state index in [0.29, 0.717) is 33.6 Å². The summed E-state index contributed by atoms with van der Waals surface area (Å²) in [6, 6.07) is 14.2. The number of fused-ring (bicyclic) bond motifs is 1. The molecule has 0 saturated carbocycles. The Balaban J connectivity index is 1.49. The lowest BCUT2D eigenvalue weighted by molar-refractivity contribution is 0.103. The van der Waals surface area contributed by atoms with Crippen molar-refractivity contribution in [2.75, 3.05) is 16.6 Å². The number of nitrogens with zero attached hydrogens (tertiary/aromatic N) is 1. The van der Waals surface area contributed by atoms with E-state index in [1.54, 1.807) is 30.3 Å². The largest absolute Gasteiger partial charge is 0.321 e. The fraction of sp³-hybridized carbons (Fsp3) is 0.292. The molecule has 6 nitrogen and oxygen atoms in total. The van der Waals surface area contributed by atoms with Gasteiger partial charge in [0.1, 0.15) is 0 Å². The van der Waals surface area contributed by atoms with Gasteiger partial charge in [-0.15, -0.1) is 0 Å². The van der Waals surface area contributed by atoms with E-state index in [0.717, 1.165) is 31.6 Å². The number of hydrogen-bond acceptors (Lipinski definition) is 4. The van der Waals surface area contributed by atoms with E-state index >= 15 is 0 Å². The lowest BCUT2D eigenvalue weighted by atomic mass is 10.1. The molecule has 0 spiro atoms. The van der Waals surface area contributed by atoms with Crippen LogP contribution in [0.25, 0.3) is 10.8 Å². The van der Waals surface area contributed by atoms with Crippen molar-refractivity contribution >= 4 is 38.1 Å². The third-order valence-electron chi connectivity index (χ3n) is 6.10. The molecule has 2 aliphatic heterocycles. The van der Waals surface area contributed by atoms with Gasteiger partial charge < -0.3 is 5.32 Å². The van der Waals surface area contributed by atoms with Gasteiger partial charge in [-0.2, -0.15) is 0 Å². The molecule has 7 heteroatoms. The van der Waals surface area contributed by atoms with Crippen LogP contribution in [0.3, 0.4) is 0 Å². The Morgan fingerprint density at radius 1 is 1.06 bits per heavy atom. The fourth-order valence-electron chi connectivity index (χ4n) is 4.48. The Labute approximate surface area is 182 Å². The van der Waals surface area contributed by atoms with E-state index in [1.165, 1.54) is 5.56 Å². The van der Waals surface area contributed by atoms with Crippen LogP contribution in [-0.4, -0.2) is 25.8 Å². The summed E-state index contributed by atoms with van der Waals surface area (Å²) in [5.41, 5.74) is 3.99. The summed E-state index contributed by atoms with van der Waals surface area (Å²) in [6.07, 6.45) is 1.11. The van der Waals surface area contributed by atoms with Crippen molar-refractivity contribution in [3.8, 4) is 0 Å². The number of anilines is 2. The molecule has 1 amide bonds. The molecule has 2 aliphatic rings. The third kappa shape index (κ3) is 3.47. The second-order valence-corrected chi connectivity index (χ2v) is 10.4. The average Bonchev–Trinajstić information content (AvgIpc) is 3.29. The number of carbonyl (C=O) groups is 1. The van der Waals surface area contributed by atoms with Gasteiger partial charge in [0.05, 0.1) is 10.6 Å². The van der Waals surface area contributed by atoms with Crippen LogP contribution in [0.1, 0.15) is 41.8 Å². The first-order valence-corrected chi connectivity index (χ1v) is 12.0. The molecule has 160 valence electrons. The quantitative estimate of drug-likeness (QED) is 0.595. The highest BCUT2D eigenvalue weighted by atomic mass is 32.2. The van der Waals surface area contributed by atoms with E-state index in [9.17, 15) is 13.2 Å². The summed E-state index contributed by atoms with van der Waals surface area (Å²) >= 11 is 0. The molecule has 5 rings (SSSR count). The van der Waals surface area contributed by atoms with Crippen molar-refractivity contribution in [2.24, 2.45) is 5.92 Å². The van der Waals surface area contributed by atoms with Crippen molar-refractivity contribution in [3.63, 3.8) is 0 Å². The van der Waals surface area contributed by atoms with Crippen molar-refractivity contribution in [1.29, 1.82) is 0 Å². The van der Waals surface area contributed by atoms with Crippen LogP contribution in [0.2, 0.25) is 0 Å². The lowest BCUT2D eigenvalue weighted by Crippen LogP contribution is -2.19. The zero-order chi connectivity index (χ0) is 21.8. The van der Waals surface area contributed by atoms with Crippen LogP contribution in [0.5, 0.6) is 0 Å². The molecule has 3 aromatic rings. The molecular formula is C24H25N3O3S. The molecule has 0 aliphatic carbocycles. The molecule has 0 bridgehead atoms. The van der Waals surface area contributed by atoms with Crippen molar-refractivity contribution in [3.05, 3.63) is 65.2 Å². The molecule has 31 heavy (non-hydrogen) atoms. The number of rotatable bonds is 6. The molecule has 2 N–H and O–H groups in total. The third-order valence-corrected chi connectivity index (χ3v) is 7.52. The monoisotopic (exact) mass is 435 g/mol. The predicted octanol–water partition coefficient (Wildman–Crippen LogP) is 4.57. The highest BCUT2D eigenvalue weighted by Gasteiger charge is 2.28. The first-order chi connectivity index (χ1) is 14.8. The molecule has 0 atom stereocenters. The van der Waals surface area contributed by atoms with Crippen LogP contribution < -0.4 is 10.0 Å².